The first kappa shape index (κ1) is 20.4. The molecule has 0 amide bonds. The Balaban J connectivity index is 0.000000279. The van der Waals surface area contributed by atoms with Crippen LogP contribution < -0.4 is 4.90 Å². The number of carbonyl (C=O) groups is 2. The topological polar surface area (TPSA) is 124 Å². The van der Waals surface area contributed by atoms with E-state index in [0.717, 1.165) is 18.8 Å². The van der Waals surface area contributed by atoms with Crippen LogP contribution in [0.5, 0.6) is 0 Å². The number of nitro groups is 1. The van der Waals surface area contributed by atoms with Crippen molar-refractivity contribution in [2.45, 2.75) is 31.3 Å². The van der Waals surface area contributed by atoms with Crippen LogP contribution in [0.1, 0.15) is 19.3 Å². The Morgan fingerprint density at radius 1 is 1.07 bits per heavy atom. The summed E-state index contributed by atoms with van der Waals surface area (Å²) < 4.78 is 0. The molecule has 27 heavy (non-hydrogen) atoms. The van der Waals surface area contributed by atoms with Gasteiger partial charge in [0.25, 0.3) is 5.69 Å². The lowest BCUT2D eigenvalue weighted by Gasteiger charge is -2.27. The Morgan fingerprint density at radius 2 is 1.63 bits per heavy atom. The van der Waals surface area contributed by atoms with Gasteiger partial charge in [0.05, 0.1) is 4.92 Å². The van der Waals surface area contributed by atoms with E-state index in [4.69, 9.17) is 10.2 Å². The van der Waals surface area contributed by atoms with Crippen LogP contribution >= 0.6 is 0 Å². The van der Waals surface area contributed by atoms with Crippen molar-refractivity contribution in [3.63, 3.8) is 0 Å². The van der Waals surface area contributed by atoms with E-state index < -0.39 is 11.9 Å². The normalized spacial score (nSPS) is 22.0. The van der Waals surface area contributed by atoms with E-state index in [-0.39, 0.29) is 10.6 Å². The van der Waals surface area contributed by atoms with Gasteiger partial charge in [0.2, 0.25) is 0 Å². The summed E-state index contributed by atoms with van der Waals surface area (Å²) in [6.45, 7) is 2.08. The number of likely N-dealkylation sites (N-methyl/N-ethyl adjacent to an activating group) is 1. The van der Waals surface area contributed by atoms with Crippen molar-refractivity contribution >= 4 is 23.3 Å². The average molecular weight is 377 g/mol. The maximum absolute atomic E-state index is 10.7. The quantitative estimate of drug-likeness (QED) is 0.464. The maximum atomic E-state index is 10.7. The van der Waals surface area contributed by atoms with Crippen molar-refractivity contribution in [3.05, 3.63) is 46.5 Å². The Kier molecular flexibility index (Phi) is 6.89. The lowest BCUT2D eigenvalue weighted by atomic mass is 10.1. The number of carboxylic acids is 2. The molecule has 2 atom stereocenters. The van der Waals surface area contributed by atoms with Crippen molar-refractivity contribution in [3.8, 4) is 0 Å². The molecule has 1 aromatic rings. The Hall–Kier alpha value is -2.94. The highest BCUT2D eigenvalue weighted by Gasteiger charge is 2.34. The Labute approximate surface area is 156 Å². The number of nitrogens with zero attached hydrogens (tertiary/aromatic N) is 3. The zero-order chi connectivity index (χ0) is 20.0. The van der Waals surface area contributed by atoms with E-state index in [2.05, 4.69) is 16.8 Å². The molecule has 2 heterocycles. The van der Waals surface area contributed by atoms with Crippen molar-refractivity contribution in [1.29, 1.82) is 0 Å². The number of non-ortho nitro benzene ring substituents is 1. The van der Waals surface area contributed by atoms with Crippen LogP contribution in [0, 0.1) is 10.1 Å². The van der Waals surface area contributed by atoms with Gasteiger partial charge in [0.1, 0.15) is 0 Å². The smallest absolute Gasteiger partial charge is 0.328 e. The van der Waals surface area contributed by atoms with Crippen LogP contribution in [0.3, 0.4) is 0 Å². The summed E-state index contributed by atoms with van der Waals surface area (Å²) in [6.07, 6.45) is 4.88. The number of hydrogen-bond acceptors (Lipinski definition) is 6. The minimum absolute atomic E-state index is 0.164. The largest absolute Gasteiger partial charge is 0.478 e. The van der Waals surface area contributed by atoms with Gasteiger partial charge in [0, 0.05) is 55.1 Å². The monoisotopic (exact) mass is 377 g/mol. The summed E-state index contributed by atoms with van der Waals surface area (Å²) in [7, 11) is 2.22. The number of anilines is 1. The summed E-state index contributed by atoms with van der Waals surface area (Å²) >= 11 is 0. The van der Waals surface area contributed by atoms with Crippen LogP contribution in [-0.4, -0.2) is 64.2 Å². The minimum Gasteiger partial charge on any atom is -0.478 e. The van der Waals surface area contributed by atoms with Gasteiger partial charge in [-0.25, -0.2) is 9.59 Å². The lowest BCUT2D eigenvalue weighted by molar-refractivity contribution is -0.384. The van der Waals surface area contributed by atoms with Gasteiger partial charge in [-0.3, -0.25) is 15.0 Å². The van der Waals surface area contributed by atoms with E-state index in [0.29, 0.717) is 24.2 Å². The number of nitro benzene ring substituents is 1. The van der Waals surface area contributed by atoms with E-state index >= 15 is 0 Å². The molecular weight excluding hydrogens is 354 g/mol. The maximum Gasteiger partial charge on any atom is 0.328 e. The molecule has 2 unspecified atom stereocenters. The predicted molar refractivity (Wildman–Crippen MR) is 98.9 cm³/mol. The zero-order valence-corrected chi connectivity index (χ0v) is 15.0. The van der Waals surface area contributed by atoms with E-state index in [9.17, 15) is 19.7 Å². The Bertz CT molecular complexity index is 702. The van der Waals surface area contributed by atoms with Gasteiger partial charge in [-0.2, -0.15) is 0 Å². The highest BCUT2D eigenvalue weighted by atomic mass is 16.6. The third kappa shape index (κ3) is 5.78. The van der Waals surface area contributed by atoms with Crippen molar-refractivity contribution in [1.82, 2.24) is 4.90 Å². The SMILES string of the molecule is CN1C2CCC1CN(c1ccc([N+](=O)[O-])cc1)CC2.O=C(O)/C=C/C(=O)O. The van der Waals surface area contributed by atoms with Crippen LogP contribution in [0.4, 0.5) is 11.4 Å². The number of benzene rings is 1. The molecule has 9 heteroatoms. The number of carboxylic acid groups (broad SMARTS) is 2. The molecule has 0 aromatic heterocycles. The predicted octanol–water partition coefficient (Wildman–Crippen LogP) is 1.98. The van der Waals surface area contributed by atoms with Gasteiger partial charge >= 0.3 is 11.9 Å². The molecule has 2 saturated heterocycles. The molecule has 9 nitrogen and oxygen atoms in total. The second-order valence-corrected chi connectivity index (χ2v) is 6.57. The van der Waals surface area contributed by atoms with Crippen molar-refractivity contribution in [2.24, 2.45) is 0 Å². The van der Waals surface area contributed by atoms with Crippen LogP contribution in [-0.2, 0) is 9.59 Å². The first-order chi connectivity index (χ1) is 12.8. The fraction of sp³-hybridized carbons (Fsp3) is 0.444. The van der Waals surface area contributed by atoms with Gasteiger partial charge in [-0.15, -0.1) is 0 Å². The van der Waals surface area contributed by atoms with Gasteiger partial charge in [-0.1, -0.05) is 0 Å². The van der Waals surface area contributed by atoms with Crippen LogP contribution in [0.25, 0.3) is 0 Å². The van der Waals surface area contributed by atoms with Gasteiger partial charge in [-0.05, 0) is 38.4 Å². The molecule has 0 saturated carbocycles. The summed E-state index contributed by atoms with van der Waals surface area (Å²) in [5.74, 6) is -2.51. The van der Waals surface area contributed by atoms with Crippen LogP contribution in [0.15, 0.2) is 36.4 Å². The third-order valence-corrected chi connectivity index (χ3v) is 4.94. The van der Waals surface area contributed by atoms with E-state index in [1.807, 2.05) is 12.1 Å². The number of fused-ring (bicyclic) bond motifs is 2. The number of hydrogen-bond donors (Lipinski definition) is 2. The fourth-order valence-corrected chi connectivity index (χ4v) is 3.47. The molecule has 2 aliphatic heterocycles. The van der Waals surface area contributed by atoms with Crippen molar-refractivity contribution in [2.75, 3.05) is 25.0 Å². The van der Waals surface area contributed by atoms with Crippen LogP contribution in [0.2, 0.25) is 0 Å². The molecule has 146 valence electrons. The molecule has 2 fully saturated rings. The Morgan fingerprint density at radius 3 is 2.15 bits per heavy atom. The highest BCUT2D eigenvalue weighted by Crippen LogP contribution is 2.31. The standard InChI is InChI=1S/C14H19N3O2.C4H4O4/c1-15-11-2-7-14(15)10-16(9-8-11)12-3-5-13(6-4-12)17(18)19;5-3(6)1-2-4(7)8/h3-6,11,14H,2,7-10H2,1H3;1-2H,(H,5,6)(H,7,8)/b;2-1+. The van der Waals surface area contributed by atoms with E-state index in [1.54, 1.807) is 12.1 Å². The molecule has 2 N–H and O–H groups in total. The highest BCUT2D eigenvalue weighted by molar-refractivity contribution is 5.89. The molecule has 0 radical (unpaired) electrons. The first-order valence-electron chi connectivity index (χ1n) is 8.63. The molecule has 2 aliphatic rings. The average Bonchev–Trinajstić information content (AvgIpc) is 2.86. The van der Waals surface area contributed by atoms with Crippen molar-refractivity contribution < 1.29 is 24.7 Å². The summed E-state index contributed by atoms with van der Waals surface area (Å²) in [5.41, 5.74) is 1.27. The van der Waals surface area contributed by atoms with E-state index in [1.165, 1.54) is 19.3 Å². The van der Waals surface area contributed by atoms with Gasteiger partial charge < -0.3 is 15.1 Å². The van der Waals surface area contributed by atoms with Gasteiger partial charge in [0.15, 0.2) is 0 Å². The zero-order valence-electron chi connectivity index (χ0n) is 15.0. The molecule has 2 bridgehead atoms. The molecule has 0 spiro atoms. The lowest BCUT2D eigenvalue weighted by Crippen LogP contribution is -2.36. The third-order valence-electron chi connectivity index (χ3n) is 4.94. The number of aliphatic carboxylic acids is 2. The molecule has 0 aliphatic carbocycles. The second kappa shape index (κ2) is 9.13. The molecule has 3 rings (SSSR count). The summed E-state index contributed by atoms with van der Waals surface area (Å²) in [6, 6.07) is 8.29. The molecule has 1 aromatic carbocycles. The fourth-order valence-electron chi connectivity index (χ4n) is 3.47. The molecular formula is C18H23N3O6. The summed E-state index contributed by atoms with van der Waals surface area (Å²) in [5, 5.41) is 26.3. The minimum atomic E-state index is -1.26. The first-order valence-corrected chi connectivity index (χ1v) is 8.63. The number of rotatable bonds is 4. The second-order valence-electron chi connectivity index (χ2n) is 6.57. The summed E-state index contributed by atoms with van der Waals surface area (Å²) in [4.78, 5) is 34.3.